The molecule has 6 nitrogen and oxygen atoms in total. The minimum atomic E-state index is -1.26. The first-order valence-corrected chi connectivity index (χ1v) is 7.19. The average molecular weight is 342 g/mol. The van der Waals surface area contributed by atoms with E-state index in [1.807, 2.05) is 0 Å². The van der Waals surface area contributed by atoms with Gasteiger partial charge in [0, 0.05) is 12.6 Å². The average Bonchev–Trinajstić information content (AvgIpc) is 3.00. The molecule has 0 unspecified atom stereocenters. The maximum atomic E-state index is 13.3. The van der Waals surface area contributed by atoms with Gasteiger partial charge in [-0.2, -0.15) is 0 Å². The number of carboxylic acids is 1. The van der Waals surface area contributed by atoms with Gasteiger partial charge in [0.1, 0.15) is 17.2 Å². The fraction of sp³-hybridized carbons (Fsp3) is 0.0588. The highest BCUT2D eigenvalue weighted by molar-refractivity contribution is 6.25. The van der Waals surface area contributed by atoms with Crippen LogP contribution in [0.2, 0.25) is 0 Å². The van der Waals surface area contributed by atoms with Crippen LogP contribution in [0.4, 0.5) is 8.78 Å². The third-order valence-electron chi connectivity index (χ3n) is 3.57. The van der Waals surface area contributed by atoms with Crippen LogP contribution in [0.1, 0.15) is 17.0 Å². The molecule has 0 aliphatic carbocycles. The molecule has 126 valence electrons. The molecule has 0 amide bonds. The molecule has 2 aromatic carbocycles. The molecule has 0 atom stereocenters. The Balaban J connectivity index is 2.35. The van der Waals surface area contributed by atoms with Crippen molar-refractivity contribution in [3.8, 4) is 0 Å². The Labute approximate surface area is 141 Å². The van der Waals surface area contributed by atoms with Crippen molar-refractivity contribution in [1.82, 2.24) is 20.2 Å². The molecule has 0 aliphatic heterocycles. The molecule has 1 aromatic heterocycles. The zero-order valence-electron chi connectivity index (χ0n) is 13.0. The number of aryl methyl sites for hydroxylation is 1. The zero-order valence-corrected chi connectivity index (χ0v) is 13.0. The van der Waals surface area contributed by atoms with E-state index >= 15 is 0 Å². The maximum Gasteiger partial charge on any atom is 0.340 e. The Morgan fingerprint density at radius 1 is 0.960 bits per heavy atom. The van der Waals surface area contributed by atoms with E-state index in [1.54, 1.807) is 0 Å². The lowest BCUT2D eigenvalue weighted by molar-refractivity contribution is -0.130. The lowest BCUT2D eigenvalue weighted by atomic mass is 9.92. The molecular formula is C17H12F2N4O2. The molecule has 0 saturated heterocycles. The van der Waals surface area contributed by atoms with Crippen LogP contribution in [0, 0.1) is 11.6 Å². The summed E-state index contributed by atoms with van der Waals surface area (Å²) in [6, 6.07) is 10.6. The van der Waals surface area contributed by atoms with Crippen molar-refractivity contribution in [2.75, 3.05) is 0 Å². The molecule has 0 aliphatic rings. The summed E-state index contributed by atoms with van der Waals surface area (Å²) in [5.41, 5.74) is 0.956. The van der Waals surface area contributed by atoms with Gasteiger partial charge >= 0.3 is 5.97 Å². The van der Waals surface area contributed by atoms with Crippen LogP contribution in [0.15, 0.2) is 48.5 Å². The lowest BCUT2D eigenvalue weighted by Crippen LogP contribution is -2.10. The van der Waals surface area contributed by atoms with E-state index in [0.29, 0.717) is 11.1 Å². The number of aromatic nitrogens is 4. The predicted octanol–water partition coefficient (Wildman–Crippen LogP) is 2.53. The normalized spacial score (nSPS) is 10.5. The summed E-state index contributed by atoms with van der Waals surface area (Å²) < 4.78 is 27.8. The summed E-state index contributed by atoms with van der Waals surface area (Å²) in [6.45, 7) is 0. The van der Waals surface area contributed by atoms with Crippen LogP contribution in [0.3, 0.4) is 0 Å². The minimum Gasteiger partial charge on any atom is -0.478 e. The number of aliphatic carboxylic acids is 1. The standard InChI is InChI=1S/C17H12F2N4O2/c1-23-16(20-21-22-23)15(17(24)25)14(10-2-6-12(18)7-3-10)11-4-8-13(19)9-5-11/h2-9H,1H3,(H,24,25). The Bertz CT molecular complexity index is 900. The van der Waals surface area contributed by atoms with E-state index in [0.717, 1.165) is 0 Å². The van der Waals surface area contributed by atoms with E-state index in [2.05, 4.69) is 15.5 Å². The molecule has 0 spiro atoms. The molecule has 0 radical (unpaired) electrons. The fourth-order valence-corrected chi connectivity index (χ4v) is 2.44. The third-order valence-corrected chi connectivity index (χ3v) is 3.57. The van der Waals surface area contributed by atoms with Crippen molar-refractivity contribution < 1.29 is 18.7 Å². The first-order chi connectivity index (χ1) is 12.0. The number of tetrazole rings is 1. The second-order valence-electron chi connectivity index (χ2n) is 5.20. The zero-order chi connectivity index (χ0) is 18.0. The van der Waals surface area contributed by atoms with Gasteiger partial charge in [0.15, 0.2) is 5.82 Å². The molecule has 0 bridgehead atoms. The molecule has 3 rings (SSSR count). The van der Waals surface area contributed by atoms with Gasteiger partial charge in [0.25, 0.3) is 0 Å². The highest BCUT2D eigenvalue weighted by Crippen LogP contribution is 2.31. The van der Waals surface area contributed by atoms with Crippen molar-refractivity contribution in [3.63, 3.8) is 0 Å². The van der Waals surface area contributed by atoms with Crippen LogP contribution < -0.4 is 0 Å². The van der Waals surface area contributed by atoms with Gasteiger partial charge in [-0.1, -0.05) is 24.3 Å². The lowest BCUT2D eigenvalue weighted by Gasteiger charge is -2.13. The number of halogens is 2. The largest absolute Gasteiger partial charge is 0.478 e. The summed E-state index contributed by atoms with van der Waals surface area (Å²) in [5, 5.41) is 20.6. The number of rotatable bonds is 4. The Morgan fingerprint density at radius 2 is 1.44 bits per heavy atom. The number of carboxylic acid groups (broad SMARTS) is 1. The predicted molar refractivity (Wildman–Crippen MR) is 85.1 cm³/mol. The van der Waals surface area contributed by atoms with Gasteiger partial charge in [-0.15, -0.1) is 5.10 Å². The van der Waals surface area contributed by atoms with E-state index in [1.165, 1.54) is 60.3 Å². The number of hydrogen-bond donors (Lipinski definition) is 1. The molecular weight excluding hydrogens is 330 g/mol. The Morgan fingerprint density at radius 3 is 1.80 bits per heavy atom. The number of hydrogen-bond acceptors (Lipinski definition) is 4. The van der Waals surface area contributed by atoms with Gasteiger partial charge in [-0.05, 0) is 45.8 Å². The SMILES string of the molecule is Cn1nnnc1C(C(=O)O)=C(c1ccc(F)cc1)c1ccc(F)cc1. The van der Waals surface area contributed by atoms with Crippen molar-refractivity contribution in [1.29, 1.82) is 0 Å². The number of benzene rings is 2. The van der Waals surface area contributed by atoms with Gasteiger partial charge in [0.2, 0.25) is 0 Å². The molecule has 0 fully saturated rings. The molecule has 8 heteroatoms. The van der Waals surface area contributed by atoms with Crippen LogP contribution >= 0.6 is 0 Å². The van der Waals surface area contributed by atoms with Crippen molar-refractivity contribution in [2.45, 2.75) is 0 Å². The first-order valence-electron chi connectivity index (χ1n) is 7.19. The second kappa shape index (κ2) is 6.60. The number of carbonyl (C=O) groups is 1. The van der Waals surface area contributed by atoms with Crippen molar-refractivity contribution >= 4 is 17.1 Å². The van der Waals surface area contributed by atoms with E-state index < -0.39 is 17.6 Å². The fourth-order valence-electron chi connectivity index (χ4n) is 2.44. The summed E-state index contributed by atoms with van der Waals surface area (Å²) in [7, 11) is 1.51. The second-order valence-corrected chi connectivity index (χ2v) is 5.20. The minimum absolute atomic E-state index is 0.0242. The molecule has 1 N–H and O–H groups in total. The smallest absolute Gasteiger partial charge is 0.340 e. The first kappa shape index (κ1) is 16.4. The summed E-state index contributed by atoms with van der Waals surface area (Å²) in [4.78, 5) is 12.0. The van der Waals surface area contributed by atoms with Crippen molar-refractivity contribution in [3.05, 3.63) is 77.1 Å². The molecule has 0 saturated carbocycles. The van der Waals surface area contributed by atoms with Gasteiger partial charge in [0.05, 0.1) is 0 Å². The van der Waals surface area contributed by atoms with E-state index in [9.17, 15) is 18.7 Å². The van der Waals surface area contributed by atoms with Crippen molar-refractivity contribution in [2.24, 2.45) is 7.05 Å². The van der Waals surface area contributed by atoms with Crippen LogP contribution in [-0.2, 0) is 11.8 Å². The molecule has 1 heterocycles. The Kier molecular flexibility index (Phi) is 4.34. The quantitative estimate of drug-likeness (QED) is 0.737. The van der Waals surface area contributed by atoms with E-state index in [-0.39, 0.29) is 17.0 Å². The summed E-state index contributed by atoms with van der Waals surface area (Å²) >= 11 is 0. The van der Waals surface area contributed by atoms with E-state index in [4.69, 9.17) is 0 Å². The van der Waals surface area contributed by atoms with Crippen LogP contribution in [-0.4, -0.2) is 31.3 Å². The Hall–Kier alpha value is -3.42. The maximum absolute atomic E-state index is 13.3. The topological polar surface area (TPSA) is 80.9 Å². The highest BCUT2D eigenvalue weighted by atomic mass is 19.1. The summed E-state index contributed by atoms with van der Waals surface area (Å²) in [6.07, 6.45) is 0. The molecule has 25 heavy (non-hydrogen) atoms. The van der Waals surface area contributed by atoms with Crippen LogP contribution in [0.25, 0.3) is 11.1 Å². The van der Waals surface area contributed by atoms with Crippen LogP contribution in [0.5, 0.6) is 0 Å². The highest BCUT2D eigenvalue weighted by Gasteiger charge is 2.24. The monoisotopic (exact) mass is 342 g/mol. The summed E-state index contributed by atoms with van der Waals surface area (Å²) in [5.74, 6) is -2.16. The third kappa shape index (κ3) is 3.27. The van der Waals surface area contributed by atoms with Gasteiger partial charge in [-0.3, -0.25) is 0 Å². The van der Waals surface area contributed by atoms with Gasteiger partial charge in [-0.25, -0.2) is 18.3 Å². The number of nitrogens with zero attached hydrogens (tertiary/aromatic N) is 4. The molecule has 3 aromatic rings. The van der Waals surface area contributed by atoms with Gasteiger partial charge < -0.3 is 5.11 Å².